The molecule has 0 atom stereocenters. The van der Waals surface area contributed by atoms with E-state index < -0.39 is 33.2 Å². The lowest BCUT2D eigenvalue weighted by Crippen LogP contribution is -2.12. The van der Waals surface area contributed by atoms with Crippen LogP contribution in [0.5, 0.6) is 0 Å². The summed E-state index contributed by atoms with van der Waals surface area (Å²) in [6, 6.07) is 7.95. The number of rotatable bonds is 7. The monoisotopic (exact) mass is 410 g/mol. The van der Waals surface area contributed by atoms with E-state index in [1.54, 1.807) is 6.92 Å². The van der Waals surface area contributed by atoms with E-state index in [1.807, 2.05) is 0 Å². The Balaban J connectivity index is 2.17. The summed E-state index contributed by atoms with van der Waals surface area (Å²) in [6.07, 6.45) is -0.0486. The summed E-state index contributed by atoms with van der Waals surface area (Å²) >= 11 is 0. The molecule has 0 aliphatic heterocycles. The number of nitrogens with two attached hydrogens (primary N) is 1. The molecule has 0 saturated heterocycles. The van der Waals surface area contributed by atoms with Crippen LogP contribution in [0, 0.1) is 0 Å². The predicted molar refractivity (Wildman–Crippen MR) is 96.4 cm³/mol. The van der Waals surface area contributed by atoms with Crippen molar-refractivity contribution in [3.05, 3.63) is 53.6 Å². The molecule has 0 saturated carbocycles. The second kappa shape index (κ2) is 6.59. The van der Waals surface area contributed by atoms with Crippen molar-refractivity contribution >= 4 is 27.6 Å². The molecule has 0 radical (unpaired) electrons. The Morgan fingerprint density at radius 3 is 2.33 bits per heavy atom. The summed E-state index contributed by atoms with van der Waals surface area (Å²) in [5.41, 5.74) is 6.31. The molecule has 0 fully saturated rings. The lowest BCUT2D eigenvalue weighted by atomic mass is 10.1. The van der Waals surface area contributed by atoms with Gasteiger partial charge in [-0.1, -0.05) is 43.7 Å². The van der Waals surface area contributed by atoms with Crippen LogP contribution in [-0.4, -0.2) is 12.6 Å². The molecule has 27 heavy (non-hydrogen) atoms. The molecule has 0 unspecified atom stereocenters. The highest BCUT2D eigenvalue weighted by Gasteiger charge is 2.66. The number of nitrogens with one attached hydrogen (secondary N) is 1. The van der Waals surface area contributed by atoms with Crippen molar-refractivity contribution in [2.45, 2.75) is 24.8 Å². The van der Waals surface area contributed by atoms with Crippen LogP contribution >= 0.6 is 10.2 Å². The maximum Gasteiger partial charge on any atom is 0.310 e. The third-order valence-electron chi connectivity index (χ3n) is 3.66. The zero-order valence-corrected chi connectivity index (χ0v) is 15.2. The molecule has 2 aromatic carbocycles. The van der Waals surface area contributed by atoms with E-state index in [0.717, 1.165) is 12.1 Å². The summed E-state index contributed by atoms with van der Waals surface area (Å²) in [6.45, 7) is 1.42. The Kier molecular flexibility index (Phi) is 5.08. The van der Waals surface area contributed by atoms with Crippen LogP contribution in [-0.2, 0) is 22.5 Å². The largest absolute Gasteiger partial charge is 0.466 e. The van der Waals surface area contributed by atoms with Crippen LogP contribution in [0.15, 0.2) is 47.4 Å². The van der Waals surface area contributed by atoms with Crippen molar-refractivity contribution in [3.8, 4) is 0 Å². The van der Waals surface area contributed by atoms with Gasteiger partial charge in [-0.25, -0.2) is 0 Å². The van der Waals surface area contributed by atoms with Gasteiger partial charge in [0.05, 0.1) is 13.0 Å². The number of hydrogen-bond donors (Lipinski definition) is 2. The normalized spacial score (nSPS) is 14.1. The summed E-state index contributed by atoms with van der Waals surface area (Å²) in [5.74, 6) is -0.463. The number of benzene rings is 2. The number of anilines is 2. The standard InChI is InChI=1S/C17H19F5N2O2S/c1-2-26-17(25)9-12-7-8-14(10-15(12)23)24-11-13-5-3-4-6-16(13)27(18,19,20,21)22/h3-8,10,24H,2,9,11,23H2,1H3. The first-order valence-electron chi connectivity index (χ1n) is 7.90. The van der Waals surface area contributed by atoms with Crippen LogP contribution in [0.25, 0.3) is 0 Å². The Morgan fingerprint density at radius 2 is 1.74 bits per heavy atom. The average Bonchev–Trinajstić information content (AvgIpc) is 2.53. The predicted octanol–water partition coefficient (Wildman–Crippen LogP) is 5.64. The number of hydrogen-bond acceptors (Lipinski definition) is 4. The van der Waals surface area contributed by atoms with Gasteiger partial charge >= 0.3 is 16.2 Å². The van der Waals surface area contributed by atoms with E-state index in [0.29, 0.717) is 17.3 Å². The SMILES string of the molecule is CCOC(=O)Cc1ccc(NCc2ccccc2S(F)(F)(F)(F)F)cc1N. The maximum absolute atomic E-state index is 13.1. The van der Waals surface area contributed by atoms with Gasteiger partial charge in [0.1, 0.15) is 4.90 Å². The number of nitrogen functional groups attached to an aromatic ring is 1. The minimum atomic E-state index is -9.79. The van der Waals surface area contributed by atoms with Crippen LogP contribution in [0.1, 0.15) is 18.1 Å². The number of halogens is 5. The van der Waals surface area contributed by atoms with Crippen LogP contribution in [0.4, 0.5) is 30.8 Å². The Bertz CT molecular complexity index is 857. The number of ether oxygens (including phenoxy) is 1. The first-order valence-corrected chi connectivity index (χ1v) is 9.85. The van der Waals surface area contributed by atoms with Gasteiger partial charge in [0.2, 0.25) is 0 Å². The van der Waals surface area contributed by atoms with Crippen LogP contribution < -0.4 is 11.1 Å². The molecule has 150 valence electrons. The topological polar surface area (TPSA) is 64.3 Å². The third-order valence-corrected chi connectivity index (χ3v) is 4.89. The molecule has 2 aromatic rings. The van der Waals surface area contributed by atoms with Crippen molar-refractivity contribution < 1.29 is 29.0 Å². The maximum atomic E-state index is 13.1. The van der Waals surface area contributed by atoms with Crippen molar-refractivity contribution in [3.63, 3.8) is 0 Å². The van der Waals surface area contributed by atoms with E-state index in [4.69, 9.17) is 10.5 Å². The van der Waals surface area contributed by atoms with Crippen LogP contribution in [0.3, 0.4) is 0 Å². The lowest BCUT2D eigenvalue weighted by Gasteiger charge is -2.41. The molecule has 0 aliphatic rings. The van der Waals surface area contributed by atoms with Crippen LogP contribution in [0.2, 0.25) is 0 Å². The molecule has 4 nitrogen and oxygen atoms in total. The smallest absolute Gasteiger partial charge is 0.310 e. The molecule has 0 aliphatic carbocycles. The molecular formula is C17H19F5N2O2S. The zero-order valence-electron chi connectivity index (χ0n) is 14.4. The molecule has 3 N–H and O–H groups in total. The van der Waals surface area contributed by atoms with Crippen molar-refractivity contribution in [1.29, 1.82) is 0 Å². The second-order valence-electron chi connectivity index (χ2n) is 5.83. The fourth-order valence-electron chi connectivity index (χ4n) is 2.46. The highest BCUT2D eigenvalue weighted by molar-refractivity contribution is 8.45. The first-order chi connectivity index (χ1) is 12.3. The third kappa shape index (κ3) is 5.75. The molecule has 10 heteroatoms. The van der Waals surface area contributed by atoms with E-state index in [-0.39, 0.29) is 18.7 Å². The van der Waals surface area contributed by atoms with E-state index in [9.17, 15) is 24.2 Å². The highest BCUT2D eigenvalue weighted by atomic mass is 32.5. The highest BCUT2D eigenvalue weighted by Crippen LogP contribution is 3.02. The molecule has 0 bridgehead atoms. The first kappa shape index (κ1) is 20.8. The fourth-order valence-corrected chi connectivity index (χ4v) is 3.43. The van der Waals surface area contributed by atoms with Gasteiger partial charge in [0.25, 0.3) is 0 Å². The molecule has 0 amide bonds. The van der Waals surface area contributed by atoms with Gasteiger partial charge in [-0.2, -0.15) is 0 Å². The van der Waals surface area contributed by atoms with Gasteiger partial charge in [-0.15, -0.1) is 0 Å². The van der Waals surface area contributed by atoms with Gasteiger partial charge < -0.3 is 15.8 Å². The summed E-state index contributed by atoms with van der Waals surface area (Å²) < 4.78 is 70.5. The average molecular weight is 410 g/mol. The van der Waals surface area contributed by atoms with Gasteiger partial charge in [0, 0.05) is 17.9 Å². The number of carbonyl (C=O) groups is 1. The molecule has 2 rings (SSSR count). The molecule has 0 spiro atoms. The van der Waals surface area contributed by atoms with E-state index >= 15 is 0 Å². The Hall–Kier alpha value is -2.49. The van der Waals surface area contributed by atoms with Gasteiger partial charge in [-0.3, -0.25) is 4.79 Å². The molecule has 0 aromatic heterocycles. The minimum Gasteiger partial charge on any atom is -0.466 e. The van der Waals surface area contributed by atoms with Crippen molar-refractivity contribution in [2.75, 3.05) is 17.7 Å². The van der Waals surface area contributed by atoms with Crippen molar-refractivity contribution in [1.82, 2.24) is 0 Å². The zero-order chi connectivity index (χ0) is 20.4. The number of esters is 1. The van der Waals surface area contributed by atoms with E-state index in [1.165, 1.54) is 24.3 Å². The molecular weight excluding hydrogens is 391 g/mol. The van der Waals surface area contributed by atoms with Gasteiger partial charge in [-0.05, 0) is 36.2 Å². The fraction of sp³-hybridized carbons (Fsp3) is 0.235. The summed E-state index contributed by atoms with van der Waals surface area (Å²) in [5, 5.41) is 2.64. The molecule has 0 heterocycles. The van der Waals surface area contributed by atoms with E-state index in [2.05, 4.69) is 5.32 Å². The Labute approximate surface area is 153 Å². The Morgan fingerprint density at radius 1 is 1.07 bits per heavy atom. The number of carbonyl (C=O) groups excluding carboxylic acids is 1. The van der Waals surface area contributed by atoms with Gasteiger partial charge in [0.15, 0.2) is 0 Å². The van der Waals surface area contributed by atoms with Crippen molar-refractivity contribution in [2.24, 2.45) is 0 Å². The minimum absolute atomic E-state index is 0.0486. The quantitative estimate of drug-likeness (QED) is 0.352. The lowest BCUT2D eigenvalue weighted by molar-refractivity contribution is -0.142. The summed E-state index contributed by atoms with van der Waals surface area (Å²) in [4.78, 5) is 9.56. The second-order valence-corrected chi connectivity index (χ2v) is 8.20. The summed E-state index contributed by atoms with van der Waals surface area (Å²) in [7, 11) is -9.79.